The Morgan fingerprint density at radius 1 is 0.897 bits per heavy atom. The van der Waals surface area contributed by atoms with Gasteiger partial charge in [-0.05, 0) is 30.0 Å². The van der Waals surface area contributed by atoms with Crippen LogP contribution in [-0.2, 0) is 6.54 Å². The van der Waals surface area contributed by atoms with Gasteiger partial charge in [0.05, 0.1) is 7.11 Å². The molecule has 0 spiro atoms. The van der Waals surface area contributed by atoms with Crippen LogP contribution in [0.1, 0.15) is 41.4 Å². The van der Waals surface area contributed by atoms with Crippen molar-refractivity contribution in [3.8, 4) is 5.88 Å². The number of rotatable bonds is 6. The molecule has 150 valence electrons. The number of hydrogen-bond donors (Lipinski definition) is 2. The fourth-order valence-electron chi connectivity index (χ4n) is 3.77. The first-order valence-corrected chi connectivity index (χ1v) is 10.3. The molecule has 0 bridgehead atoms. The predicted octanol–water partition coefficient (Wildman–Crippen LogP) is 4.24. The highest BCUT2D eigenvalue weighted by Crippen LogP contribution is 2.41. The second-order valence-corrected chi connectivity index (χ2v) is 7.83. The summed E-state index contributed by atoms with van der Waals surface area (Å²) in [6, 6.07) is 26.2. The molecule has 0 saturated heterocycles. The van der Waals surface area contributed by atoms with E-state index in [1.165, 1.54) is 24.0 Å². The van der Waals surface area contributed by atoms with Crippen molar-refractivity contribution < 1.29 is 4.74 Å². The summed E-state index contributed by atoms with van der Waals surface area (Å²) in [7, 11) is 1.66. The zero-order valence-corrected chi connectivity index (χ0v) is 16.9. The number of methoxy groups -OCH3 is 1. The van der Waals surface area contributed by atoms with Crippen molar-refractivity contribution in [2.45, 2.75) is 43.3 Å². The van der Waals surface area contributed by atoms with Crippen LogP contribution in [0, 0.1) is 0 Å². The predicted molar refractivity (Wildman–Crippen MR) is 117 cm³/mol. The zero-order valence-electron chi connectivity index (χ0n) is 16.9. The van der Waals surface area contributed by atoms with E-state index in [0.717, 1.165) is 12.1 Å². The van der Waals surface area contributed by atoms with Crippen LogP contribution in [0.25, 0.3) is 0 Å². The quantitative estimate of drug-likeness (QED) is 0.664. The first-order valence-electron chi connectivity index (χ1n) is 10.3. The third kappa shape index (κ3) is 5.22. The Labute approximate surface area is 173 Å². The summed E-state index contributed by atoms with van der Waals surface area (Å²) in [5.74, 6) is 2.02. The van der Waals surface area contributed by atoms with Gasteiger partial charge in [-0.15, -0.1) is 0 Å². The van der Waals surface area contributed by atoms with E-state index in [1.807, 2.05) is 12.1 Å². The van der Waals surface area contributed by atoms with Gasteiger partial charge >= 0.3 is 0 Å². The standard InChI is InChI=1S/C16H18N2O.C9H11N/c1-19-16-13(8-5-9-17-16)11-18-15-10-14(15)12-6-3-2-4-7-12;10-9-6-8(9)7-4-2-1-3-5-7/h2-9,14-15,18H,10-11H2,1H3;1-5,8-9H,6,10H2/t14-,15+;8-,9+/m10/s1. The maximum atomic E-state index is 5.70. The zero-order chi connectivity index (χ0) is 20.1. The number of hydrogen-bond acceptors (Lipinski definition) is 4. The normalized spacial score (nSPS) is 24.2. The van der Waals surface area contributed by atoms with E-state index in [-0.39, 0.29) is 0 Å². The van der Waals surface area contributed by atoms with Crippen molar-refractivity contribution in [3.05, 3.63) is 95.7 Å². The number of pyridine rings is 1. The lowest BCUT2D eigenvalue weighted by atomic mass is 10.1. The van der Waals surface area contributed by atoms with Crippen LogP contribution < -0.4 is 15.8 Å². The summed E-state index contributed by atoms with van der Waals surface area (Å²) < 4.78 is 5.26. The SMILES string of the molecule is COc1ncccc1CN[C@H]1C[C@@H]1c1ccccc1.N[C@@H]1C[C@H]1c1ccccc1. The van der Waals surface area contributed by atoms with E-state index in [1.54, 1.807) is 13.3 Å². The van der Waals surface area contributed by atoms with Gasteiger partial charge in [-0.2, -0.15) is 0 Å². The van der Waals surface area contributed by atoms with Crippen LogP contribution in [0.15, 0.2) is 79.0 Å². The Morgan fingerprint density at radius 2 is 1.52 bits per heavy atom. The molecule has 2 aromatic carbocycles. The molecule has 4 atom stereocenters. The second-order valence-electron chi connectivity index (χ2n) is 7.83. The molecule has 2 aliphatic carbocycles. The van der Waals surface area contributed by atoms with Crippen molar-refractivity contribution in [3.63, 3.8) is 0 Å². The highest BCUT2D eigenvalue weighted by Gasteiger charge is 2.37. The van der Waals surface area contributed by atoms with Crippen LogP contribution in [0.3, 0.4) is 0 Å². The molecule has 5 rings (SSSR count). The third-order valence-electron chi connectivity index (χ3n) is 5.68. The number of ether oxygens (including phenoxy) is 1. The third-order valence-corrected chi connectivity index (χ3v) is 5.68. The van der Waals surface area contributed by atoms with Gasteiger partial charge in [0, 0.05) is 42.2 Å². The molecule has 2 saturated carbocycles. The largest absolute Gasteiger partial charge is 0.481 e. The van der Waals surface area contributed by atoms with Crippen LogP contribution in [0.2, 0.25) is 0 Å². The van der Waals surface area contributed by atoms with Crippen molar-refractivity contribution >= 4 is 0 Å². The monoisotopic (exact) mass is 387 g/mol. The van der Waals surface area contributed by atoms with Crippen molar-refractivity contribution in [2.24, 2.45) is 5.73 Å². The Hall–Kier alpha value is -2.69. The van der Waals surface area contributed by atoms with Gasteiger partial charge in [-0.3, -0.25) is 0 Å². The summed E-state index contributed by atoms with van der Waals surface area (Å²) in [6.07, 6.45) is 4.14. The number of nitrogens with two attached hydrogens (primary N) is 1. The van der Waals surface area contributed by atoms with Gasteiger partial charge < -0.3 is 15.8 Å². The van der Waals surface area contributed by atoms with Gasteiger partial charge in [0.1, 0.15) is 0 Å². The molecular weight excluding hydrogens is 358 g/mol. The summed E-state index contributed by atoms with van der Waals surface area (Å²) >= 11 is 0. The van der Waals surface area contributed by atoms with E-state index in [0.29, 0.717) is 29.8 Å². The maximum Gasteiger partial charge on any atom is 0.217 e. The van der Waals surface area contributed by atoms with Gasteiger partial charge in [-0.1, -0.05) is 66.7 Å². The van der Waals surface area contributed by atoms with E-state index >= 15 is 0 Å². The number of nitrogens with one attached hydrogen (secondary N) is 1. The molecule has 0 amide bonds. The topological polar surface area (TPSA) is 60.2 Å². The molecule has 4 heteroatoms. The van der Waals surface area contributed by atoms with Gasteiger partial charge in [-0.25, -0.2) is 4.98 Å². The summed E-state index contributed by atoms with van der Waals surface area (Å²) in [6.45, 7) is 0.811. The molecule has 1 heterocycles. The molecule has 3 N–H and O–H groups in total. The minimum Gasteiger partial charge on any atom is -0.481 e. The molecule has 3 aromatic rings. The first-order chi connectivity index (χ1) is 14.3. The average molecular weight is 388 g/mol. The molecule has 0 unspecified atom stereocenters. The maximum absolute atomic E-state index is 5.70. The molecule has 2 aliphatic rings. The number of benzene rings is 2. The van der Waals surface area contributed by atoms with Crippen LogP contribution in [0.5, 0.6) is 5.88 Å². The lowest BCUT2D eigenvalue weighted by Crippen LogP contribution is -2.18. The molecule has 4 nitrogen and oxygen atoms in total. The minimum atomic E-state index is 0.433. The Morgan fingerprint density at radius 3 is 2.10 bits per heavy atom. The van der Waals surface area contributed by atoms with E-state index in [2.05, 4.69) is 71.0 Å². The highest BCUT2D eigenvalue weighted by molar-refractivity contribution is 5.29. The lowest BCUT2D eigenvalue weighted by Gasteiger charge is -2.08. The summed E-state index contributed by atoms with van der Waals surface area (Å²) in [5.41, 5.74) is 9.64. The van der Waals surface area contributed by atoms with E-state index in [4.69, 9.17) is 10.5 Å². The average Bonchev–Trinajstić information content (AvgIpc) is 3.71. The van der Waals surface area contributed by atoms with E-state index < -0.39 is 0 Å². The fourth-order valence-corrected chi connectivity index (χ4v) is 3.77. The van der Waals surface area contributed by atoms with Crippen molar-refractivity contribution in [1.29, 1.82) is 0 Å². The van der Waals surface area contributed by atoms with Crippen LogP contribution >= 0.6 is 0 Å². The lowest BCUT2D eigenvalue weighted by molar-refractivity contribution is 0.390. The molecule has 1 aromatic heterocycles. The Balaban J connectivity index is 0.000000171. The second kappa shape index (κ2) is 9.21. The number of aromatic nitrogens is 1. The smallest absolute Gasteiger partial charge is 0.217 e. The molecule has 0 aliphatic heterocycles. The van der Waals surface area contributed by atoms with Gasteiger partial charge in [0.2, 0.25) is 5.88 Å². The highest BCUT2D eigenvalue weighted by atomic mass is 16.5. The van der Waals surface area contributed by atoms with Crippen LogP contribution in [-0.4, -0.2) is 24.2 Å². The molecule has 2 fully saturated rings. The first kappa shape index (κ1) is 19.6. The van der Waals surface area contributed by atoms with Gasteiger partial charge in [0.15, 0.2) is 0 Å². The Bertz CT molecular complexity index is 900. The summed E-state index contributed by atoms with van der Waals surface area (Å²) in [4.78, 5) is 4.21. The van der Waals surface area contributed by atoms with Crippen LogP contribution in [0.4, 0.5) is 0 Å². The molecule has 29 heavy (non-hydrogen) atoms. The Kier molecular flexibility index (Phi) is 6.23. The minimum absolute atomic E-state index is 0.433. The van der Waals surface area contributed by atoms with E-state index in [9.17, 15) is 0 Å². The number of nitrogens with zero attached hydrogens (tertiary/aromatic N) is 1. The van der Waals surface area contributed by atoms with Gasteiger partial charge in [0.25, 0.3) is 0 Å². The molecular formula is C25H29N3O. The van der Waals surface area contributed by atoms with Crippen molar-refractivity contribution in [1.82, 2.24) is 10.3 Å². The molecule has 0 radical (unpaired) electrons. The fraction of sp³-hybridized carbons (Fsp3) is 0.320. The summed E-state index contributed by atoms with van der Waals surface area (Å²) in [5, 5.41) is 3.58. The van der Waals surface area contributed by atoms with Crippen molar-refractivity contribution in [2.75, 3.05) is 7.11 Å².